The Morgan fingerprint density at radius 1 is 0.903 bits per heavy atom. The summed E-state index contributed by atoms with van der Waals surface area (Å²) >= 11 is 0. The predicted octanol–water partition coefficient (Wildman–Crippen LogP) is 4.33. The molecule has 0 aliphatic heterocycles. The van der Waals surface area contributed by atoms with Crippen LogP contribution < -0.4 is 14.8 Å². The Morgan fingerprint density at radius 3 is 2.32 bits per heavy atom. The van der Waals surface area contributed by atoms with Gasteiger partial charge in [0.25, 0.3) is 0 Å². The number of rotatable bonds is 10. The number of nitrogens with zero attached hydrogens (tertiary/aromatic N) is 1. The van der Waals surface area contributed by atoms with Crippen LogP contribution >= 0.6 is 0 Å². The van der Waals surface area contributed by atoms with Crippen LogP contribution in [0.4, 0.5) is 0 Å². The van der Waals surface area contributed by atoms with E-state index in [4.69, 9.17) is 9.47 Å². The first-order valence-electron chi connectivity index (χ1n) is 10.4. The number of hydrogen-bond acceptors (Lipinski definition) is 4. The molecule has 0 bridgehead atoms. The SMILES string of the molecule is COc1cc(CNC(=O)CN(C)Cc2ccc(C)cc2)ccc1OCc1ccccc1. The molecule has 0 aliphatic carbocycles. The molecule has 3 rings (SSSR count). The van der Waals surface area contributed by atoms with Gasteiger partial charge in [0.05, 0.1) is 13.7 Å². The van der Waals surface area contributed by atoms with E-state index in [0.717, 1.165) is 17.7 Å². The van der Waals surface area contributed by atoms with Gasteiger partial charge in [0, 0.05) is 13.1 Å². The fourth-order valence-electron chi connectivity index (χ4n) is 3.24. The van der Waals surface area contributed by atoms with Crippen molar-refractivity contribution in [2.24, 2.45) is 0 Å². The van der Waals surface area contributed by atoms with Crippen LogP contribution in [-0.2, 0) is 24.5 Å². The van der Waals surface area contributed by atoms with E-state index < -0.39 is 0 Å². The maximum Gasteiger partial charge on any atom is 0.234 e. The van der Waals surface area contributed by atoms with Crippen molar-refractivity contribution >= 4 is 5.91 Å². The molecule has 1 N–H and O–H groups in total. The summed E-state index contributed by atoms with van der Waals surface area (Å²) in [6, 6.07) is 24.1. The summed E-state index contributed by atoms with van der Waals surface area (Å²) in [6.07, 6.45) is 0. The first-order chi connectivity index (χ1) is 15.0. The fraction of sp³-hybridized carbons (Fsp3) is 0.269. The van der Waals surface area contributed by atoms with E-state index in [1.165, 1.54) is 11.1 Å². The zero-order valence-corrected chi connectivity index (χ0v) is 18.4. The lowest BCUT2D eigenvalue weighted by molar-refractivity contribution is -0.122. The van der Waals surface area contributed by atoms with Crippen molar-refractivity contribution in [2.75, 3.05) is 20.7 Å². The molecular formula is C26H30N2O3. The summed E-state index contributed by atoms with van der Waals surface area (Å²) in [6.45, 7) is 4.04. The number of ether oxygens (including phenoxy) is 2. The van der Waals surface area contributed by atoms with Gasteiger partial charge < -0.3 is 14.8 Å². The third-order valence-corrected chi connectivity index (χ3v) is 4.94. The van der Waals surface area contributed by atoms with Gasteiger partial charge in [0.15, 0.2) is 11.5 Å². The summed E-state index contributed by atoms with van der Waals surface area (Å²) in [5, 5.41) is 2.98. The molecule has 0 heterocycles. The smallest absolute Gasteiger partial charge is 0.234 e. The van der Waals surface area contributed by atoms with E-state index in [1.807, 2.05) is 60.5 Å². The van der Waals surface area contributed by atoms with Crippen LogP contribution in [0.25, 0.3) is 0 Å². The van der Waals surface area contributed by atoms with Crippen LogP contribution in [0, 0.1) is 6.92 Å². The first-order valence-corrected chi connectivity index (χ1v) is 10.4. The summed E-state index contributed by atoms with van der Waals surface area (Å²) in [7, 11) is 3.56. The quantitative estimate of drug-likeness (QED) is 0.532. The molecule has 0 aromatic heterocycles. The van der Waals surface area contributed by atoms with Crippen molar-refractivity contribution in [3.63, 3.8) is 0 Å². The molecule has 3 aromatic rings. The third-order valence-electron chi connectivity index (χ3n) is 4.94. The Labute approximate surface area is 184 Å². The second kappa shape index (κ2) is 11.2. The highest BCUT2D eigenvalue weighted by atomic mass is 16.5. The van der Waals surface area contributed by atoms with Crippen LogP contribution in [0.3, 0.4) is 0 Å². The van der Waals surface area contributed by atoms with Gasteiger partial charge in [-0.15, -0.1) is 0 Å². The average molecular weight is 419 g/mol. The number of carbonyl (C=O) groups is 1. The van der Waals surface area contributed by atoms with Crippen molar-refractivity contribution in [3.8, 4) is 11.5 Å². The standard InChI is InChI=1S/C26H30N2O3/c1-20-9-11-21(12-10-20)17-28(2)18-26(29)27-16-23-13-14-24(25(15-23)30-3)31-19-22-7-5-4-6-8-22/h4-15H,16-19H2,1-3H3,(H,27,29). The third kappa shape index (κ3) is 7.15. The van der Waals surface area contributed by atoms with Crippen LogP contribution in [0.15, 0.2) is 72.8 Å². The molecule has 0 radical (unpaired) electrons. The van der Waals surface area contributed by atoms with Crippen molar-refractivity contribution in [1.29, 1.82) is 0 Å². The molecule has 0 saturated heterocycles. The molecule has 5 heteroatoms. The fourth-order valence-corrected chi connectivity index (χ4v) is 3.24. The van der Waals surface area contributed by atoms with Crippen LogP contribution in [0.2, 0.25) is 0 Å². The lowest BCUT2D eigenvalue weighted by Crippen LogP contribution is -2.34. The molecule has 0 spiro atoms. The second-order valence-corrected chi connectivity index (χ2v) is 7.69. The van der Waals surface area contributed by atoms with Gasteiger partial charge >= 0.3 is 0 Å². The summed E-state index contributed by atoms with van der Waals surface area (Å²) < 4.78 is 11.4. The topological polar surface area (TPSA) is 50.8 Å². The molecule has 0 saturated carbocycles. The minimum absolute atomic E-state index is 0.0158. The van der Waals surface area contributed by atoms with Crippen molar-refractivity contribution in [1.82, 2.24) is 10.2 Å². The summed E-state index contributed by atoms with van der Waals surface area (Å²) in [5.74, 6) is 1.32. The molecule has 3 aromatic carbocycles. The lowest BCUT2D eigenvalue weighted by Gasteiger charge is -2.17. The number of carbonyl (C=O) groups excluding carboxylic acids is 1. The Balaban J connectivity index is 1.48. The molecule has 1 amide bonds. The van der Waals surface area contributed by atoms with Gasteiger partial charge in [-0.1, -0.05) is 66.2 Å². The zero-order chi connectivity index (χ0) is 22.1. The Bertz CT molecular complexity index is 972. The largest absolute Gasteiger partial charge is 0.493 e. The maximum atomic E-state index is 12.3. The number of methoxy groups -OCH3 is 1. The van der Waals surface area contributed by atoms with Crippen LogP contribution in [0.1, 0.15) is 22.3 Å². The predicted molar refractivity (Wildman–Crippen MR) is 123 cm³/mol. The molecule has 162 valence electrons. The van der Waals surface area contributed by atoms with Crippen molar-refractivity contribution in [3.05, 3.63) is 95.1 Å². The average Bonchev–Trinajstić information content (AvgIpc) is 2.78. The normalized spacial score (nSPS) is 10.7. The zero-order valence-electron chi connectivity index (χ0n) is 18.4. The van der Waals surface area contributed by atoms with E-state index in [9.17, 15) is 4.79 Å². The van der Waals surface area contributed by atoms with Crippen molar-refractivity contribution in [2.45, 2.75) is 26.6 Å². The van der Waals surface area contributed by atoms with Gasteiger partial charge in [0.2, 0.25) is 5.91 Å². The van der Waals surface area contributed by atoms with E-state index in [-0.39, 0.29) is 5.91 Å². The highest BCUT2D eigenvalue weighted by Gasteiger charge is 2.10. The molecule has 5 nitrogen and oxygen atoms in total. The minimum atomic E-state index is -0.0158. The maximum absolute atomic E-state index is 12.3. The highest BCUT2D eigenvalue weighted by molar-refractivity contribution is 5.78. The van der Waals surface area contributed by atoms with E-state index >= 15 is 0 Å². The monoisotopic (exact) mass is 418 g/mol. The Morgan fingerprint density at radius 2 is 1.61 bits per heavy atom. The number of amides is 1. The van der Waals surface area contributed by atoms with Crippen LogP contribution in [-0.4, -0.2) is 31.5 Å². The second-order valence-electron chi connectivity index (χ2n) is 7.69. The van der Waals surface area contributed by atoms with Gasteiger partial charge in [-0.05, 0) is 42.8 Å². The van der Waals surface area contributed by atoms with Gasteiger partial charge in [-0.3, -0.25) is 9.69 Å². The van der Waals surface area contributed by atoms with Crippen molar-refractivity contribution < 1.29 is 14.3 Å². The van der Waals surface area contributed by atoms with Gasteiger partial charge in [-0.25, -0.2) is 0 Å². The first kappa shape index (κ1) is 22.4. The molecular weight excluding hydrogens is 388 g/mol. The number of aryl methyl sites for hydroxylation is 1. The lowest BCUT2D eigenvalue weighted by atomic mass is 10.1. The molecule has 31 heavy (non-hydrogen) atoms. The number of likely N-dealkylation sites (N-methyl/N-ethyl adjacent to an activating group) is 1. The number of nitrogens with one attached hydrogen (secondary N) is 1. The Hall–Kier alpha value is -3.31. The minimum Gasteiger partial charge on any atom is -0.493 e. The van der Waals surface area contributed by atoms with E-state index in [0.29, 0.717) is 31.2 Å². The molecule has 0 atom stereocenters. The van der Waals surface area contributed by atoms with E-state index in [2.05, 4.69) is 36.5 Å². The number of benzene rings is 3. The molecule has 0 fully saturated rings. The Kier molecular flexibility index (Phi) is 8.07. The van der Waals surface area contributed by atoms with E-state index in [1.54, 1.807) is 7.11 Å². The number of hydrogen-bond donors (Lipinski definition) is 1. The molecule has 0 unspecified atom stereocenters. The highest BCUT2D eigenvalue weighted by Crippen LogP contribution is 2.28. The van der Waals surface area contributed by atoms with Gasteiger partial charge in [0.1, 0.15) is 6.61 Å². The van der Waals surface area contributed by atoms with Gasteiger partial charge in [-0.2, -0.15) is 0 Å². The summed E-state index contributed by atoms with van der Waals surface area (Å²) in [5.41, 5.74) is 4.47. The summed E-state index contributed by atoms with van der Waals surface area (Å²) in [4.78, 5) is 14.3. The molecule has 0 aliphatic rings. The van der Waals surface area contributed by atoms with Crippen LogP contribution in [0.5, 0.6) is 11.5 Å².